The quantitative estimate of drug-likeness (QED) is 0.858. The molecule has 1 aromatic carbocycles. The van der Waals surface area contributed by atoms with Crippen molar-refractivity contribution in [3.63, 3.8) is 0 Å². The average molecular weight is 273 g/mol. The summed E-state index contributed by atoms with van der Waals surface area (Å²) in [5.74, 6) is -0.0879. The maximum atomic E-state index is 11.5. The second-order valence-electron chi connectivity index (χ2n) is 5.84. The van der Waals surface area contributed by atoms with Crippen LogP contribution in [0.15, 0.2) is 24.3 Å². The number of carboxylic acids is 1. The molecule has 20 heavy (non-hydrogen) atoms. The standard InChI is InChI=1S/C16H19NO3/c1-10(16(19)20)17(9-18)15-13-6-3-2-5-11(13)12-7-4-8-14(12)15/h2-3,5-6,9-10,12,14-15H,4,7-8H2,1H3,(H,19,20). The molecule has 0 heterocycles. The lowest BCUT2D eigenvalue weighted by Gasteiger charge is -2.33. The molecule has 1 N–H and O–H groups in total. The fraction of sp³-hybridized carbons (Fsp3) is 0.500. The molecule has 4 atom stereocenters. The molecule has 3 rings (SSSR count). The highest BCUT2D eigenvalue weighted by atomic mass is 16.4. The Balaban J connectivity index is 2.03. The third kappa shape index (κ3) is 1.82. The van der Waals surface area contributed by atoms with Gasteiger partial charge in [-0.2, -0.15) is 0 Å². The van der Waals surface area contributed by atoms with Gasteiger partial charge in [-0.25, -0.2) is 4.79 Å². The van der Waals surface area contributed by atoms with Gasteiger partial charge in [0.1, 0.15) is 6.04 Å². The van der Waals surface area contributed by atoms with Gasteiger partial charge in [-0.15, -0.1) is 0 Å². The topological polar surface area (TPSA) is 57.6 Å². The highest BCUT2D eigenvalue weighted by Gasteiger charge is 2.46. The van der Waals surface area contributed by atoms with Crippen LogP contribution in [0.4, 0.5) is 0 Å². The first-order valence-corrected chi connectivity index (χ1v) is 7.19. The number of fused-ring (bicyclic) bond motifs is 3. The van der Waals surface area contributed by atoms with Crippen LogP contribution in [0.5, 0.6) is 0 Å². The second kappa shape index (κ2) is 4.93. The van der Waals surface area contributed by atoms with Crippen molar-refractivity contribution < 1.29 is 14.7 Å². The van der Waals surface area contributed by atoms with Gasteiger partial charge in [0.25, 0.3) is 0 Å². The first kappa shape index (κ1) is 13.2. The normalized spacial score (nSPS) is 28.6. The highest BCUT2D eigenvalue weighted by molar-refractivity contribution is 5.76. The molecule has 1 saturated carbocycles. The number of nitrogens with zero attached hydrogens (tertiary/aromatic N) is 1. The van der Waals surface area contributed by atoms with Crippen molar-refractivity contribution in [3.05, 3.63) is 35.4 Å². The van der Waals surface area contributed by atoms with E-state index < -0.39 is 12.0 Å². The minimum Gasteiger partial charge on any atom is -0.480 e. The van der Waals surface area contributed by atoms with Crippen molar-refractivity contribution in [1.29, 1.82) is 0 Å². The minimum absolute atomic E-state index is 0.0812. The third-order valence-corrected chi connectivity index (χ3v) is 4.94. The molecule has 106 valence electrons. The molecule has 1 aromatic rings. The Hall–Kier alpha value is -1.84. The van der Waals surface area contributed by atoms with Crippen molar-refractivity contribution in [3.8, 4) is 0 Å². The van der Waals surface area contributed by atoms with Crippen molar-refractivity contribution in [2.24, 2.45) is 5.92 Å². The Labute approximate surface area is 118 Å². The average Bonchev–Trinajstić information content (AvgIpc) is 3.02. The van der Waals surface area contributed by atoms with Gasteiger partial charge in [0, 0.05) is 0 Å². The number of benzene rings is 1. The fourth-order valence-corrected chi connectivity index (χ4v) is 4.01. The van der Waals surface area contributed by atoms with E-state index in [-0.39, 0.29) is 6.04 Å². The van der Waals surface area contributed by atoms with Crippen molar-refractivity contribution in [2.75, 3.05) is 0 Å². The number of rotatable bonds is 4. The SMILES string of the molecule is CC(C(=O)O)N(C=O)C1c2ccccc2C2CCCC21. The molecular weight excluding hydrogens is 254 g/mol. The van der Waals surface area contributed by atoms with Gasteiger partial charge in [-0.3, -0.25) is 4.79 Å². The van der Waals surface area contributed by atoms with Crippen LogP contribution in [-0.2, 0) is 9.59 Å². The van der Waals surface area contributed by atoms with E-state index in [1.54, 1.807) is 6.92 Å². The lowest BCUT2D eigenvalue weighted by atomic mass is 9.93. The summed E-state index contributed by atoms with van der Waals surface area (Å²) in [5, 5.41) is 9.23. The lowest BCUT2D eigenvalue weighted by Crippen LogP contribution is -2.42. The van der Waals surface area contributed by atoms with Gasteiger partial charge in [-0.1, -0.05) is 30.7 Å². The predicted molar refractivity (Wildman–Crippen MR) is 74.3 cm³/mol. The molecule has 0 spiro atoms. The molecule has 4 heteroatoms. The summed E-state index contributed by atoms with van der Waals surface area (Å²) < 4.78 is 0. The Kier molecular flexibility index (Phi) is 3.24. The molecule has 1 fully saturated rings. The summed E-state index contributed by atoms with van der Waals surface area (Å²) in [6.45, 7) is 1.58. The Morgan fingerprint density at radius 3 is 2.70 bits per heavy atom. The molecule has 4 unspecified atom stereocenters. The zero-order chi connectivity index (χ0) is 14.3. The van der Waals surface area contributed by atoms with Crippen LogP contribution in [0.2, 0.25) is 0 Å². The van der Waals surface area contributed by atoms with Crippen LogP contribution in [-0.4, -0.2) is 28.4 Å². The molecular formula is C16H19NO3. The maximum absolute atomic E-state index is 11.5. The van der Waals surface area contributed by atoms with E-state index in [0.29, 0.717) is 18.2 Å². The summed E-state index contributed by atoms with van der Waals surface area (Å²) >= 11 is 0. The van der Waals surface area contributed by atoms with Crippen LogP contribution in [0.3, 0.4) is 0 Å². The molecule has 0 aromatic heterocycles. The van der Waals surface area contributed by atoms with Crippen LogP contribution in [0, 0.1) is 5.92 Å². The molecule has 2 aliphatic rings. The van der Waals surface area contributed by atoms with E-state index in [9.17, 15) is 14.7 Å². The number of amides is 1. The third-order valence-electron chi connectivity index (χ3n) is 4.94. The van der Waals surface area contributed by atoms with E-state index in [4.69, 9.17) is 0 Å². The summed E-state index contributed by atoms with van der Waals surface area (Å²) in [4.78, 5) is 24.3. The van der Waals surface area contributed by atoms with Gasteiger partial charge in [0.05, 0.1) is 6.04 Å². The number of hydrogen-bond acceptors (Lipinski definition) is 2. The number of carbonyl (C=O) groups excluding carboxylic acids is 1. The largest absolute Gasteiger partial charge is 0.480 e. The molecule has 1 amide bonds. The highest BCUT2D eigenvalue weighted by Crippen LogP contribution is 2.55. The molecule has 0 saturated heterocycles. The van der Waals surface area contributed by atoms with Crippen LogP contribution in [0.1, 0.15) is 49.3 Å². The first-order valence-electron chi connectivity index (χ1n) is 7.19. The van der Waals surface area contributed by atoms with Crippen LogP contribution < -0.4 is 0 Å². The Morgan fingerprint density at radius 1 is 1.35 bits per heavy atom. The van der Waals surface area contributed by atoms with Crippen LogP contribution >= 0.6 is 0 Å². The molecule has 0 radical (unpaired) electrons. The van der Waals surface area contributed by atoms with Gasteiger partial charge in [-0.05, 0) is 42.7 Å². The van der Waals surface area contributed by atoms with Gasteiger partial charge >= 0.3 is 5.97 Å². The van der Waals surface area contributed by atoms with Gasteiger partial charge < -0.3 is 10.0 Å². The fourth-order valence-electron chi connectivity index (χ4n) is 4.01. The maximum Gasteiger partial charge on any atom is 0.326 e. The number of aliphatic carboxylic acids is 1. The zero-order valence-electron chi connectivity index (χ0n) is 11.5. The van der Waals surface area contributed by atoms with E-state index >= 15 is 0 Å². The van der Waals surface area contributed by atoms with Gasteiger partial charge in [0.15, 0.2) is 0 Å². The predicted octanol–water partition coefficient (Wildman–Crippen LogP) is 2.56. The Morgan fingerprint density at radius 2 is 2.05 bits per heavy atom. The summed E-state index contributed by atoms with van der Waals surface area (Å²) in [5.41, 5.74) is 2.45. The lowest BCUT2D eigenvalue weighted by molar-refractivity contribution is -0.147. The number of hydrogen-bond donors (Lipinski definition) is 1. The molecule has 0 bridgehead atoms. The zero-order valence-corrected chi connectivity index (χ0v) is 11.5. The molecule has 2 aliphatic carbocycles. The summed E-state index contributed by atoms with van der Waals surface area (Å²) in [7, 11) is 0. The minimum atomic E-state index is -0.948. The van der Waals surface area contributed by atoms with Crippen molar-refractivity contribution >= 4 is 12.4 Å². The van der Waals surface area contributed by atoms with Crippen molar-refractivity contribution in [2.45, 2.75) is 44.2 Å². The van der Waals surface area contributed by atoms with E-state index in [1.807, 2.05) is 18.2 Å². The summed E-state index contributed by atoms with van der Waals surface area (Å²) in [6.07, 6.45) is 4.09. The molecule has 4 nitrogen and oxygen atoms in total. The molecule has 0 aliphatic heterocycles. The number of carboxylic acid groups (broad SMARTS) is 1. The summed E-state index contributed by atoms with van der Waals surface area (Å²) in [6, 6.07) is 7.31. The smallest absolute Gasteiger partial charge is 0.326 e. The van der Waals surface area contributed by atoms with E-state index in [1.165, 1.54) is 10.5 Å². The monoisotopic (exact) mass is 273 g/mol. The Bertz CT molecular complexity index is 542. The van der Waals surface area contributed by atoms with Crippen molar-refractivity contribution in [1.82, 2.24) is 4.90 Å². The van der Waals surface area contributed by atoms with E-state index in [0.717, 1.165) is 24.8 Å². The van der Waals surface area contributed by atoms with Crippen LogP contribution in [0.25, 0.3) is 0 Å². The second-order valence-corrected chi connectivity index (χ2v) is 5.84. The number of carbonyl (C=O) groups is 2. The van der Waals surface area contributed by atoms with Gasteiger partial charge in [0.2, 0.25) is 6.41 Å². The first-order chi connectivity index (χ1) is 9.65. The van der Waals surface area contributed by atoms with E-state index in [2.05, 4.69) is 6.07 Å².